The summed E-state index contributed by atoms with van der Waals surface area (Å²) in [7, 11) is 0. The van der Waals surface area contributed by atoms with E-state index in [1.807, 2.05) is 6.07 Å². The molecule has 0 fully saturated rings. The van der Waals surface area contributed by atoms with Gasteiger partial charge in [-0.05, 0) is 23.8 Å². The van der Waals surface area contributed by atoms with Crippen molar-refractivity contribution in [2.24, 2.45) is 0 Å². The van der Waals surface area contributed by atoms with Crippen molar-refractivity contribution >= 4 is 5.91 Å². The highest BCUT2D eigenvalue weighted by Gasteiger charge is 2.14. The van der Waals surface area contributed by atoms with Gasteiger partial charge < -0.3 is 15.5 Å². The van der Waals surface area contributed by atoms with Crippen LogP contribution in [0.1, 0.15) is 16.1 Å². The molecule has 0 unspecified atom stereocenters. The maximum atomic E-state index is 11.8. The number of amides is 1. The molecule has 1 heterocycles. The Kier molecular flexibility index (Phi) is 4.39. The normalized spacial score (nSPS) is 9.77. The summed E-state index contributed by atoms with van der Waals surface area (Å²) < 4.78 is 0. The maximum absolute atomic E-state index is 11.8. The number of aromatic hydroxyl groups is 1. The molecule has 1 aromatic carbocycles. The SMILES string of the molecule is C=C(O)CNC(=O)c1ncc(-c2cccc(C#N)c2)cc1O. The molecule has 0 aliphatic rings. The number of aliphatic hydroxyl groups excluding tert-OH is 1. The van der Waals surface area contributed by atoms with E-state index in [1.165, 1.54) is 12.3 Å². The Morgan fingerprint density at radius 2 is 2.14 bits per heavy atom. The molecule has 110 valence electrons. The van der Waals surface area contributed by atoms with Gasteiger partial charge in [-0.2, -0.15) is 5.26 Å². The highest BCUT2D eigenvalue weighted by atomic mass is 16.3. The Balaban J connectivity index is 2.28. The molecular formula is C16H13N3O3. The number of aliphatic hydroxyl groups is 1. The second-order valence-corrected chi connectivity index (χ2v) is 4.53. The molecule has 0 bridgehead atoms. The third-order valence-electron chi connectivity index (χ3n) is 2.86. The summed E-state index contributed by atoms with van der Waals surface area (Å²) in [5, 5.41) is 30.1. The predicted molar refractivity (Wildman–Crippen MR) is 80.2 cm³/mol. The van der Waals surface area contributed by atoms with Crippen LogP contribution < -0.4 is 5.32 Å². The van der Waals surface area contributed by atoms with Gasteiger partial charge in [0.15, 0.2) is 5.69 Å². The summed E-state index contributed by atoms with van der Waals surface area (Å²) in [5.41, 5.74) is 1.62. The molecule has 0 radical (unpaired) electrons. The zero-order chi connectivity index (χ0) is 16.1. The van der Waals surface area contributed by atoms with E-state index in [0.29, 0.717) is 16.7 Å². The highest BCUT2D eigenvalue weighted by molar-refractivity contribution is 5.95. The molecular weight excluding hydrogens is 282 g/mol. The molecule has 0 atom stereocenters. The Bertz CT molecular complexity index is 778. The average molecular weight is 295 g/mol. The Morgan fingerprint density at radius 3 is 2.77 bits per heavy atom. The summed E-state index contributed by atoms with van der Waals surface area (Å²) in [5.74, 6) is -1.11. The zero-order valence-electron chi connectivity index (χ0n) is 11.6. The lowest BCUT2D eigenvalue weighted by Gasteiger charge is -2.07. The second-order valence-electron chi connectivity index (χ2n) is 4.53. The highest BCUT2D eigenvalue weighted by Crippen LogP contribution is 2.25. The molecule has 0 spiro atoms. The molecule has 3 N–H and O–H groups in total. The van der Waals surface area contributed by atoms with Crippen LogP contribution in [-0.4, -0.2) is 27.6 Å². The van der Waals surface area contributed by atoms with E-state index in [2.05, 4.69) is 16.9 Å². The number of nitrogens with one attached hydrogen (secondary N) is 1. The van der Waals surface area contributed by atoms with Gasteiger partial charge in [0.1, 0.15) is 11.5 Å². The third-order valence-corrected chi connectivity index (χ3v) is 2.86. The summed E-state index contributed by atoms with van der Waals surface area (Å²) in [6.07, 6.45) is 1.43. The summed E-state index contributed by atoms with van der Waals surface area (Å²) in [4.78, 5) is 15.7. The first kappa shape index (κ1) is 15.1. The van der Waals surface area contributed by atoms with Crippen molar-refractivity contribution in [1.82, 2.24) is 10.3 Å². The van der Waals surface area contributed by atoms with Gasteiger partial charge in [0.25, 0.3) is 5.91 Å². The number of pyridine rings is 1. The average Bonchev–Trinajstić information content (AvgIpc) is 2.52. The largest absolute Gasteiger partial charge is 0.511 e. The van der Waals surface area contributed by atoms with Crippen LogP contribution >= 0.6 is 0 Å². The quantitative estimate of drug-likeness (QED) is 0.749. The number of rotatable bonds is 4. The molecule has 1 amide bonds. The Morgan fingerprint density at radius 1 is 1.36 bits per heavy atom. The van der Waals surface area contributed by atoms with Gasteiger partial charge in [-0.15, -0.1) is 0 Å². The minimum Gasteiger partial charge on any atom is -0.511 e. The Labute approximate surface area is 127 Å². The lowest BCUT2D eigenvalue weighted by Crippen LogP contribution is -2.26. The van der Waals surface area contributed by atoms with Gasteiger partial charge in [0.2, 0.25) is 0 Å². The first-order valence-electron chi connectivity index (χ1n) is 6.35. The lowest BCUT2D eigenvalue weighted by molar-refractivity contribution is 0.0944. The summed E-state index contributed by atoms with van der Waals surface area (Å²) in [6.45, 7) is 3.13. The van der Waals surface area contributed by atoms with Crippen LogP contribution in [-0.2, 0) is 0 Å². The Hall–Kier alpha value is -3.33. The number of benzene rings is 1. The molecule has 0 aliphatic heterocycles. The van der Waals surface area contributed by atoms with E-state index in [4.69, 9.17) is 10.4 Å². The number of aromatic nitrogens is 1. The van der Waals surface area contributed by atoms with Crippen molar-refractivity contribution < 1.29 is 15.0 Å². The van der Waals surface area contributed by atoms with E-state index in [1.54, 1.807) is 24.3 Å². The summed E-state index contributed by atoms with van der Waals surface area (Å²) in [6, 6.07) is 10.2. The fraction of sp³-hybridized carbons (Fsp3) is 0.0625. The monoisotopic (exact) mass is 295 g/mol. The van der Waals surface area contributed by atoms with Gasteiger partial charge in [-0.3, -0.25) is 4.79 Å². The predicted octanol–water partition coefficient (Wildman–Crippen LogP) is 2.13. The topological polar surface area (TPSA) is 106 Å². The number of hydrogen-bond donors (Lipinski definition) is 3. The smallest absolute Gasteiger partial charge is 0.274 e. The first-order chi connectivity index (χ1) is 10.5. The van der Waals surface area contributed by atoms with E-state index in [9.17, 15) is 9.90 Å². The van der Waals surface area contributed by atoms with Gasteiger partial charge in [-0.1, -0.05) is 18.7 Å². The number of nitriles is 1. The van der Waals surface area contributed by atoms with Crippen LogP contribution in [0.2, 0.25) is 0 Å². The van der Waals surface area contributed by atoms with Crippen LogP contribution in [0.5, 0.6) is 5.75 Å². The molecule has 2 rings (SSSR count). The van der Waals surface area contributed by atoms with Gasteiger partial charge in [0.05, 0.1) is 18.2 Å². The minimum absolute atomic E-state index is 0.119. The first-order valence-corrected chi connectivity index (χ1v) is 6.35. The van der Waals surface area contributed by atoms with Gasteiger partial charge >= 0.3 is 0 Å². The third kappa shape index (κ3) is 3.41. The van der Waals surface area contributed by atoms with Crippen LogP contribution in [0.4, 0.5) is 0 Å². The van der Waals surface area contributed by atoms with Crippen molar-refractivity contribution in [3.63, 3.8) is 0 Å². The standard InChI is InChI=1S/C16H13N3O3/c1-10(20)8-19-16(22)15-14(21)6-13(9-18-15)12-4-2-3-11(5-12)7-17/h2-6,9,20-21H,1,8H2,(H,19,22). The van der Waals surface area contributed by atoms with Crippen molar-refractivity contribution in [3.8, 4) is 22.9 Å². The van der Waals surface area contributed by atoms with Crippen molar-refractivity contribution in [2.45, 2.75) is 0 Å². The molecule has 0 saturated heterocycles. The molecule has 0 saturated carbocycles. The lowest BCUT2D eigenvalue weighted by atomic mass is 10.0. The molecule has 6 nitrogen and oxygen atoms in total. The summed E-state index contributed by atoms with van der Waals surface area (Å²) >= 11 is 0. The number of carbonyl (C=O) groups excluding carboxylic acids is 1. The number of hydrogen-bond acceptors (Lipinski definition) is 5. The zero-order valence-corrected chi connectivity index (χ0v) is 11.6. The molecule has 1 aromatic heterocycles. The van der Waals surface area contributed by atoms with E-state index in [-0.39, 0.29) is 23.7 Å². The van der Waals surface area contributed by atoms with E-state index >= 15 is 0 Å². The number of nitrogens with zero attached hydrogens (tertiary/aromatic N) is 2. The van der Waals surface area contributed by atoms with Crippen LogP contribution in [0, 0.1) is 11.3 Å². The van der Waals surface area contributed by atoms with Crippen LogP contribution in [0.3, 0.4) is 0 Å². The molecule has 6 heteroatoms. The van der Waals surface area contributed by atoms with Gasteiger partial charge in [-0.25, -0.2) is 4.98 Å². The van der Waals surface area contributed by atoms with Crippen LogP contribution in [0.25, 0.3) is 11.1 Å². The second kappa shape index (κ2) is 6.41. The van der Waals surface area contributed by atoms with Gasteiger partial charge in [0, 0.05) is 11.8 Å². The van der Waals surface area contributed by atoms with E-state index in [0.717, 1.165) is 0 Å². The van der Waals surface area contributed by atoms with Crippen molar-refractivity contribution in [3.05, 3.63) is 60.1 Å². The van der Waals surface area contributed by atoms with E-state index < -0.39 is 5.91 Å². The maximum Gasteiger partial charge on any atom is 0.274 e. The van der Waals surface area contributed by atoms with Crippen molar-refractivity contribution in [2.75, 3.05) is 6.54 Å². The molecule has 2 aromatic rings. The number of carbonyl (C=O) groups is 1. The fourth-order valence-electron chi connectivity index (χ4n) is 1.82. The molecule has 22 heavy (non-hydrogen) atoms. The fourth-order valence-corrected chi connectivity index (χ4v) is 1.82. The van der Waals surface area contributed by atoms with Crippen LogP contribution in [0.15, 0.2) is 48.9 Å². The van der Waals surface area contributed by atoms with Crippen molar-refractivity contribution in [1.29, 1.82) is 5.26 Å². The minimum atomic E-state index is -0.620. The molecule has 0 aliphatic carbocycles.